The van der Waals surface area contributed by atoms with Crippen LogP contribution in [0.15, 0.2) is 42.7 Å². The van der Waals surface area contributed by atoms with E-state index < -0.39 is 0 Å². The lowest BCUT2D eigenvalue weighted by Crippen LogP contribution is -2.34. The first-order valence-corrected chi connectivity index (χ1v) is 12.0. The second-order valence-electron chi connectivity index (χ2n) is 9.36. The normalized spacial score (nSPS) is 19.3. The molecule has 172 valence electrons. The second-order valence-corrected chi connectivity index (χ2v) is 9.36. The molecule has 2 aliphatic rings. The molecule has 2 aliphatic heterocycles. The summed E-state index contributed by atoms with van der Waals surface area (Å²) in [6.45, 7) is 6.85. The summed E-state index contributed by atoms with van der Waals surface area (Å²) in [4.78, 5) is 27.2. The molecular weight excluding hydrogens is 412 g/mol. The largest absolute Gasteiger partial charge is 0.341 e. The number of anilines is 1. The number of hydrogen-bond acceptors (Lipinski definition) is 5. The van der Waals surface area contributed by atoms with Gasteiger partial charge in [-0.2, -0.15) is 5.10 Å². The molecule has 0 bridgehead atoms. The highest BCUT2D eigenvalue weighted by atomic mass is 16.2. The van der Waals surface area contributed by atoms with E-state index in [9.17, 15) is 4.79 Å². The fourth-order valence-electron chi connectivity index (χ4n) is 5.08. The standard InChI is InChI=1S/C26H32N6O/c1-18-8-10-20(11-9-18)19(2)25(33)32-16-6-7-23(32)24-21(17-30(3)29-24)22-12-13-27-26(28-22)31-14-4-5-15-31/h8-13,17,19,23H,4-7,14-16H2,1-3H3. The second kappa shape index (κ2) is 8.96. The summed E-state index contributed by atoms with van der Waals surface area (Å²) < 4.78 is 1.84. The predicted molar refractivity (Wildman–Crippen MR) is 129 cm³/mol. The molecule has 2 aromatic heterocycles. The van der Waals surface area contributed by atoms with Crippen molar-refractivity contribution >= 4 is 11.9 Å². The minimum Gasteiger partial charge on any atom is -0.341 e. The Labute approximate surface area is 195 Å². The van der Waals surface area contributed by atoms with Crippen molar-refractivity contribution in [1.82, 2.24) is 24.6 Å². The van der Waals surface area contributed by atoms with Crippen molar-refractivity contribution in [3.8, 4) is 11.3 Å². The lowest BCUT2D eigenvalue weighted by Gasteiger charge is -2.27. The van der Waals surface area contributed by atoms with Crippen LogP contribution in [0, 0.1) is 6.92 Å². The zero-order valence-electron chi connectivity index (χ0n) is 19.7. The van der Waals surface area contributed by atoms with Crippen molar-refractivity contribution in [2.75, 3.05) is 24.5 Å². The molecule has 1 amide bonds. The summed E-state index contributed by atoms with van der Waals surface area (Å²) in [5.74, 6) is 0.768. The smallest absolute Gasteiger partial charge is 0.230 e. The monoisotopic (exact) mass is 444 g/mol. The number of carbonyl (C=O) groups is 1. The van der Waals surface area contributed by atoms with E-state index in [1.165, 1.54) is 18.4 Å². The van der Waals surface area contributed by atoms with Gasteiger partial charge in [0.15, 0.2) is 0 Å². The maximum atomic E-state index is 13.6. The van der Waals surface area contributed by atoms with Crippen molar-refractivity contribution in [1.29, 1.82) is 0 Å². The van der Waals surface area contributed by atoms with Crippen molar-refractivity contribution < 1.29 is 4.79 Å². The van der Waals surface area contributed by atoms with E-state index in [0.717, 1.165) is 60.9 Å². The first-order chi connectivity index (χ1) is 16.0. The van der Waals surface area contributed by atoms with E-state index in [1.54, 1.807) is 0 Å². The summed E-state index contributed by atoms with van der Waals surface area (Å²) in [5, 5.41) is 4.82. The summed E-state index contributed by atoms with van der Waals surface area (Å²) in [5.41, 5.74) is 5.07. The number of hydrogen-bond donors (Lipinski definition) is 0. The summed E-state index contributed by atoms with van der Waals surface area (Å²) in [7, 11) is 1.94. The first-order valence-electron chi connectivity index (χ1n) is 12.0. The van der Waals surface area contributed by atoms with Crippen LogP contribution in [0.25, 0.3) is 11.3 Å². The molecule has 0 spiro atoms. The van der Waals surface area contributed by atoms with Gasteiger partial charge in [0.2, 0.25) is 11.9 Å². The molecule has 2 atom stereocenters. The minimum absolute atomic E-state index is 0.0354. The molecule has 0 radical (unpaired) electrons. The Kier molecular flexibility index (Phi) is 5.87. The summed E-state index contributed by atoms with van der Waals surface area (Å²) in [6, 6.07) is 10.2. The highest BCUT2D eigenvalue weighted by Crippen LogP contribution is 2.38. The van der Waals surface area contributed by atoms with Crippen molar-refractivity contribution in [2.24, 2.45) is 7.05 Å². The van der Waals surface area contributed by atoms with Gasteiger partial charge in [-0.3, -0.25) is 9.48 Å². The van der Waals surface area contributed by atoms with Gasteiger partial charge >= 0.3 is 0 Å². The number of amides is 1. The van der Waals surface area contributed by atoms with Gasteiger partial charge < -0.3 is 9.80 Å². The molecule has 7 heteroatoms. The van der Waals surface area contributed by atoms with E-state index in [4.69, 9.17) is 10.1 Å². The topological polar surface area (TPSA) is 67.2 Å². The lowest BCUT2D eigenvalue weighted by atomic mass is 9.97. The number of aromatic nitrogens is 4. The molecule has 1 aromatic carbocycles. The number of rotatable bonds is 5. The first kappa shape index (κ1) is 21.6. The average Bonchev–Trinajstić information content (AvgIpc) is 3.59. The van der Waals surface area contributed by atoms with Crippen LogP contribution in [0.1, 0.15) is 61.4 Å². The van der Waals surface area contributed by atoms with Crippen LogP contribution in [0.2, 0.25) is 0 Å². The molecule has 0 N–H and O–H groups in total. The van der Waals surface area contributed by atoms with Gasteiger partial charge in [0.05, 0.1) is 23.3 Å². The minimum atomic E-state index is -0.181. The zero-order chi connectivity index (χ0) is 22.9. The van der Waals surface area contributed by atoms with E-state index >= 15 is 0 Å². The third-order valence-corrected chi connectivity index (χ3v) is 6.96. The molecule has 33 heavy (non-hydrogen) atoms. The SMILES string of the molecule is Cc1ccc(C(C)C(=O)N2CCCC2c2nn(C)cc2-c2ccnc(N3CCCC3)n2)cc1. The molecule has 2 saturated heterocycles. The Morgan fingerprint density at radius 3 is 2.58 bits per heavy atom. The third kappa shape index (κ3) is 4.24. The quantitative estimate of drug-likeness (QED) is 0.588. The van der Waals surface area contributed by atoms with E-state index in [-0.39, 0.29) is 17.9 Å². The Balaban J connectivity index is 1.44. The van der Waals surface area contributed by atoms with Gasteiger partial charge in [0.25, 0.3) is 0 Å². The van der Waals surface area contributed by atoms with Gasteiger partial charge in [0.1, 0.15) is 0 Å². The van der Waals surface area contributed by atoms with Crippen LogP contribution in [0.5, 0.6) is 0 Å². The van der Waals surface area contributed by atoms with Crippen LogP contribution in [0.4, 0.5) is 5.95 Å². The fourth-order valence-corrected chi connectivity index (χ4v) is 5.08. The van der Waals surface area contributed by atoms with Crippen LogP contribution < -0.4 is 4.90 Å². The average molecular weight is 445 g/mol. The van der Waals surface area contributed by atoms with Crippen LogP contribution in [-0.4, -0.2) is 50.2 Å². The number of likely N-dealkylation sites (tertiary alicyclic amines) is 1. The molecule has 7 nitrogen and oxygen atoms in total. The number of aryl methyl sites for hydroxylation is 2. The van der Waals surface area contributed by atoms with Crippen LogP contribution >= 0.6 is 0 Å². The Hall–Kier alpha value is -3.22. The van der Waals surface area contributed by atoms with Gasteiger partial charge in [0, 0.05) is 44.6 Å². The van der Waals surface area contributed by atoms with Gasteiger partial charge in [-0.25, -0.2) is 9.97 Å². The lowest BCUT2D eigenvalue weighted by molar-refractivity contribution is -0.133. The van der Waals surface area contributed by atoms with Gasteiger partial charge in [-0.05, 0) is 51.2 Å². The van der Waals surface area contributed by atoms with Crippen LogP contribution in [0.3, 0.4) is 0 Å². The Morgan fingerprint density at radius 2 is 1.82 bits per heavy atom. The Morgan fingerprint density at radius 1 is 1.06 bits per heavy atom. The van der Waals surface area contributed by atoms with Gasteiger partial charge in [-0.15, -0.1) is 0 Å². The zero-order valence-corrected chi connectivity index (χ0v) is 19.7. The molecule has 0 aliphatic carbocycles. The molecule has 3 aromatic rings. The molecule has 2 unspecified atom stereocenters. The summed E-state index contributed by atoms with van der Waals surface area (Å²) in [6.07, 6.45) is 8.13. The van der Waals surface area contributed by atoms with E-state index in [2.05, 4.69) is 41.1 Å². The molecule has 4 heterocycles. The van der Waals surface area contributed by atoms with E-state index in [0.29, 0.717) is 0 Å². The predicted octanol–water partition coefficient (Wildman–Crippen LogP) is 4.25. The van der Waals surface area contributed by atoms with E-state index in [1.807, 2.05) is 42.0 Å². The van der Waals surface area contributed by atoms with Crippen molar-refractivity contribution in [3.63, 3.8) is 0 Å². The summed E-state index contributed by atoms with van der Waals surface area (Å²) >= 11 is 0. The van der Waals surface area contributed by atoms with Crippen molar-refractivity contribution in [3.05, 3.63) is 59.5 Å². The maximum Gasteiger partial charge on any atom is 0.230 e. The molecule has 2 fully saturated rings. The van der Waals surface area contributed by atoms with Crippen LogP contribution in [-0.2, 0) is 11.8 Å². The number of benzene rings is 1. The highest BCUT2D eigenvalue weighted by molar-refractivity contribution is 5.84. The number of nitrogens with zero attached hydrogens (tertiary/aromatic N) is 6. The van der Waals surface area contributed by atoms with Crippen molar-refractivity contribution in [2.45, 2.75) is 51.5 Å². The van der Waals surface area contributed by atoms with Gasteiger partial charge in [-0.1, -0.05) is 29.8 Å². The number of carbonyl (C=O) groups excluding carboxylic acids is 1. The molecular formula is C26H32N6O. The third-order valence-electron chi connectivity index (χ3n) is 6.96. The molecule has 5 rings (SSSR count). The molecule has 0 saturated carbocycles. The maximum absolute atomic E-state index is 13.6. The fraction of sp³-hybridized carbons (Fsp3) is 0.462. The highest BCUT2D eigenvalue weighted by Gasteiger charge is 2.36. The Bertz CT molecular complexity index is 1130.